The second kappa shape index (κ2) is 4.27. The highest BCUT2D eigenvalue weighted by atomic mass is 19.3. The fraction of sp³-hybridized carbons (Fsp3) is 0.500. The summed E-state index contributed by atoms with van der Waals surface area (Å²) < 4.78 is 25.9. The van der Waals surface area contributed by atoms with E-state index in [9.17, 15) is 8.78 Å². The fourth-order valence-electron chi connectivity index (χ4n) is 1.65. The molecule has 1 atom stereocenters. The molecule has 0 saturated heterocycles. The Morgan fingerprint density at radius 3 is 1.93 bits per heavy atom. The number of alkyl halides is 2. The zero-order valence-corrected chi connectivity index (χ0v) is 9.57. The maximum atomic E-state index is 13.0. The van der Waals surface area contributed by atoms with Crippen molar-refractivity contribution in [2.45, 2.75) is 32.7 Å². The third kappa shape index (κ3) is 2.34. The molecule has 0 aliphatic rings. The van der Waals surface area contributed by atoms with E-state index in [0.717, 1.165) is 11.1 Å². The van der Waals surface area contributed by atoms with Crippen LogP contribution in [-0.4, -0.2) is 13.5 Å². The van der Waals surface area contributed by atoms with Gasteiger partial charge in [-0.05, 0) is 33.4 Å². The van der Waals surface area contributed by atoms with Gasteiger partial charge in [-0.3, -0.25) is 0 Å². The van der Waals surface area contributed by atoms with Crippen LogP contribution in [0, 0.1) is 13.8 Å². The van der Waals surface area contributed by atoms with Crippen molar-refractivity contribution in [3.05, 3.63) is 34.9 Å². The summed E-state index contributed by atoms with van der Waals surface area (Å²) in [5, 5.41) is 2.70. The molecule has 0 aliphatic carbocycles. The minimum absolute atomic E-state index is 0.637. The smallest absolute Gasteiger partial charge is 0.260 e. The third-order valence-corrected chi connectivity index (χ3v) is 2.78. The van der Waals surface area contributed by atoms with Crippen molar-refractivity contribution in [3.63, 3.8) is 0 Å². The minimum Gasteiger partial charge on any atom is -0.306 e. The van der Waals surface area contributed by atoms with Crippen LogP contribution >= 0.6 is 0 Å². The standard InChI is InChI=1S/C12H17F2N/c1-8-5-9(2)7-10(6-8)12(3,15-4)11(13)14/h5-7,11,15H,1-4H3. The molecule has 0 radical (unpaired) electrons. The topological polar surface area (TPSA) is 12.0 Å². The lowest BCUT2D eigenvalue weighted by atomic mass is 9.90. The van der Waals surface area contributed by atoms with Crippen LogP contribution in [-0.2, 0) is 5.54 Å². The zero-order valence-electron chi connectivity index (χ0n) is 9.57. The first-order valence-corrected chi connectivity index (χ1v) is 4.96. The highest BCUT2D eigenvalue weighted by Crippen LogP contribution is 2.28. The van der Waals surface area contributed by atoms with Crippen molar-refractivity contribution in [1.82, 2.24) is 5.32 Å². The molecular weight excluding hydrogens is 196 g/mol. The van der Waals surface area contributed by atoms with Gasteiger partial charge in [0.2, 0.25) is 0 Å². The molecule has 0 heterocycles. The second-order valence-corrected chi connectivity index (χ2v) is 4.13. The van der Waals surface area contributed by atoms with Gasteiger partial charge in [-0.1, -0.05) is 29.3 Å². The highest BCUT2D eigenvalue weighted by Gasteiger charge is 2.35. The molecule has 1 N–H and O–H groups in total. The molecule has 1 rings (SSSR count). The molecule has 1 aromatic rings. The fourth-order valence-corrected chi connectivity index (χ4v) is 1.65. The van der Waals surface area contributed by atoms with Crippen LogP contribution in [0.15, 0.2) is 18.2 Å². The van der Waals surface area contributed by atoms with Gasteiger partial charge < -0.3 is 5.32 Å². The van der Waals surface area contributed by atoms with Gasteiger partial charge >= 0.3 is 0 Å². The van der Waals surface area contributed by atoms with Crippen LogP contribution in [0.2, 0.25) is 0 Å². The lowest BCUT2D eigenvalue weighted by Crippen LogP contribution is -2.43. The molecule has 0 fully saturated rings. The van der Waals surface area contributed by atoms with Gasteiger partial charge in [0.25, 0.3) is 6.43 Å². The largest absolute Gasteiger partial charge is 0.306 e. The molecular formula is C12H17F2N. The Morgan fingerprint density at radius 1 is 1.13 bits per heavy atom. The van der Waals surface area contributed by atoms with Gasteiger partial charge in [0.1, 0.15) is 5.54 Å². The van der Waals surface area contributed by atoms with E-state index in [-0.39, 0.29) is 0 Å². The Kier molecular flexibility index (Phi) is 3.45. The Balaban J connectivity index is 3.23. The van der Waals surface area contributed by atoms with E-state index in [0.29, 0.717) is 5.56 Å². The summed E-state index contributed by atoms with van der Waals surface area (Å²) in [6, 6.07) is 5.58. The Bertz CT molecular complexity index is 329. The first-order valence-electron chi connectivity index (χ1n) is 4.96. The van der Waals surface area contributed by atoms with Crippen molar-refractivity contribution in [2.24, 2.45) is 0 Å². The van der Waals surface area contributed by atoms with Crippen LogP contribution in [0.5, 0.6) is 0 Å². The number of benzene rings is 1. The lowest BCUT2D eigenvalue weighted by molar-refractivity contribution is 0.0431. The first kappa shape index (κ1) is 12.1. The van der Waals surface area contributed by atoms with Crippen LogP contribution in [0.3, 0.4) is 0 Å². The van der Waals surface area contributed by atoms with Crippen molar-refractivity contribution in [1.29, 1.82) is 0 Å². The Labute approximate surface area is 89.5 Å². The summed E-state index contributed by atoms with van der Waals surface area (Å²) >= 11 is 0. The second-order valence-electron chi connectivity index (χ2n) is 4.13. The molecule has 0 aliphatic heterocycles. The predicted molar refractivity (Wildman–Crippen MR) is 58.3 cm³/mol. The van der Waals surface area contributed by atoms with Crippen molar-refractivity contribution in [2.75, 3.05) is 7.05 Å². The average molecular weight is 213 g/mol. The number of halogens is 2. The molecule has 0 spiro atoms. The summed E-state index contributed by atoms with van der Waals surface area (Å²) in [4.78, 5) is 0. The average Bonchev–Trinajstić information content (AvgIpc) is 2.14. The van der Waals surface area contributed by atoms with E-state index < -0.39 is 12.0 Å². The van der Waals surface area contributed by atoms with Gasteiger partial charge in [0, 0.05) is 0 Å². The molecule has 0 saturated carbocycles. The highest BCUT2D eigenvalue weighted by molar-refractivity contribution is 5.33. The SMILES string of the molecule is CNC(C)(c1cc(C)cc(C)c1)C(F)F. The number of nitrogens with one attached hydrogen (secondary N) is 1. The Morgan fingerprint density at radius 2 is 1.60 bits per heavy atom. The molecule has 15 heavy (non-hydrogen) atoms. The van der Waals surface area contributed by atoms with Crippen LogP contribution < -0.4 is 5.32 Å². The molecule has 0 aromatic heterocycles. The van der Waals surface area contributed by atoms with Crippen molar-refractivity contribution in [3.8, 4) is 0 Å². The van der Waals surface area contributed by atoms with E-state index >= 15 is 0 Å². The van der Waals surface area contributed by atoms with E-state index in [2.05, 4.69) is 5.32 Å². The van der Waals surface area contributed by atoms with Crippen LogP contribution in [0.1, 0.15) is 23.6 Å². The predicted octanol–water partition coefficient (Wildman–Crippen LogP) is 3.00. The van der Waals surface area contributed by atoms with Crippen molar-refractivity contribution >= 4 is 0 Å². The summed E-state index contributed by atoms with van der Waals surface area (Å²) in [6.07, 6.45) is -2.43. The minimum atomic E-state index is -2.43. The van der Waals surface area contributed by atoms with Crippen molar-refractivity contribution < 1.29 is 8.78 Å². The van der Waals surface area contributed by atoms with E-state index in [1.54, 1.807) is 19.2 Å². The summed E-state index contributed by atoms with van der Waals surface area (Å²) in [5.41, 5.74) is 1.38. The van der Waals surface area contributed by atoms with E-state index in [1.165, 1.54) is 6.92 Å². The first-order chi connectivity index (χ1) is 6.90. The molecule has 0 amide bonds. The molecule has 1 unspecified atom stereocenters. The van der Waals surface area contributed by atoms with E-state index in [4.69, 9.17) is 0 Å². The number of aryl methyl sites for hydroxylation is 2. The molecule has 3 heteroatoms. The van der Waals surface area contributed by atoms with Gasteiger partial charge in [0.15, 0.2) is 0 Å². The number of rotatable bonds is 3. The summed E-state index contributed by atoms with van der Waals surface area (Å²) in [6.45, 7) is 5.35. The van der Waals surface area contributed by atoms with Gasteiger partial charge in [0.05, 0.1) is 0 Å². The maximum Gasteiger partial charge on any atom is 0.260 e. The molecule has 84 valence electrons. The van der Waals surface area contributed by atoms with Crippen LogP contribution in [0.25, 0.3) is 0 Å². The molecule has 1 nitrogen and oxygen atoms in total. The van der Waals surface area contributed by atoms with Gasteiger partial charge in [-0.25, -0.2) is 8.78 Å². The third-order valence-electron chi connectivity index (χ3n) is 2.78. The van der Waals surface area contributed by atoms with Gasteiger partial charge in [-0.15, -0.1) is 0 Å². The molecule has 0 bridgehead atoms. The summed E-state index contributed by atoms with van der Waals surface area (Å²) in [7, 11) is 1.56. The van der Waals surface area contributed by atoms with E-state index in [1.807, 2.05) is 19.9 Å². The zero-order chi connectivity index (χ0) is 11.6. The molecule has 1 aromatic carbocycles. The Hall–Kier alpha value is -0.960. The quantitative estimate of drug-likeness (QED) is 0.813. The summed E-state index contributed by atoms with van der Waals surface area (Å²) in [5.74, 6) is 0. The van der Waals surface area contributed by atoms with Gasteiger partial charge in [-0.2, -0.15) is 0 Å². The van der Waals surface area contributed by atoms with Crippen LogP contribution in [0.4, 0.5) is 8.78 Å². The monoisotopic (exact) mass is 213 g/mol. The normalized spacial score (nSPS) is 15.4. The lowest BCUT2D eigenvalue weighted by Gasteiger charge is -2.29. The maximum absolute atomic E-state index is 13.0. The number of hydrogen-bond donors (Lipinski definition) is 1. The number of hydrogen-bond acceptors (Lipinski definition) is 1.